The van der Waals surface area contributed by atoms with E-state index in [4.69, 9.17) is 17.3 Å². The van der Waals surface area contributed by atoms with E-state index in [2.05, 4.69) is 5.32 Å². The fourth-order valence-electron chi connectivity index (χ4n) is 1.41. The van der Waals surface area contributed by atoms with Gasteiger partial charge in [0, 0.05) is 23.9 Å². The van der Waals surface area contributed by atoms with E-state index in [1.165, 1.54) is 0 Å². The van der Waals surface area contributed by atoms with Crippen molar-refractivity contribution in [3.63, 3.8) is 0 Å². The molecule has 0 bridgehead atoms. The molecule has 0 aliphatic heterocycles. The number of amides is 2. The van der Waals surface area contributed by atoms with Gasteiger partial charge in [0.2, 0.25) is 5.91 Å². The minimum atomic E-state index is -0.435. The van der Waals surface area contributed by atoms with E-state index in [9.17, 15) is 9.59 Å². The van der Waals surface area contributed by atoms with E-state index in [1.807, 2.05) is 0 Å². The summed E-state index contributed by atoms with van der Waals surface area (Å²) in [6.07, 6.45) is 0.130. The van der Waals surface area contributed by atoms with Crippen LogP contribution in [0.1, 0.15) is 29.3 Å². The van der Waals surface area contributed by atoms with Crippen molar-refractivity contribution in [1.82, 2.24) is 5.32 Å². The molecule has 3 N–H and O–H groups in total. The van der Waals surface area contributed by atoms with Gasteiger partial charge in [-0.15, -0.1) is 11.6 Å². The number of halogens is 1. The molecule has 1 unspecified atom stereocenters. The van der Waals surface area contributed by atoms with E-state index in [0.29, 0.717) is 11.4 Å². The lowest BCUT2D eigenvalue weighted by Crippen LogP contribution is -2.35. The summed E-state index contributed by atoms with van der Waals surface area (Å²) < 4.78 is 0. The fraction of sp³-hybridized carbons (Fsp3) is 0.333. The summed E-state index contributed by atoms with van der Waals surface area (Å²) in [6, 6.07) is 6.71. The number of alkyl halides is 1. The van der Waals surface area contributed by atoms with Crippen LogP contribution in [0.2, 0.25) is 0 Å². The highest BCUT2D eigenvalue weighted by Crippen LogP contribution is 2.07. The Bertz CT molecular complexity index is 403. The van der Waals surface area contributed by atoms with Gasteiger partial charge in [-0.05, 0) is 24.6 Å². The van der Waals surface area contributed by atoms with E-state index in [1.54, 1.807) is 31.2 Å². The van der Waals surface area contributed by atoms with Crippen LogP contribution in [-0.2, 0) is 10.7 Å². The molecule has 0 radical (unpaired) electrons. The highest BCUT2D eigenvalue weighted by molar-refractivity contribution is 6.17. The number of benzene rings is 1. The summed E-state index contributed by atoms with van der Waals surface area (Å²) in [5.41, 5.74) is 6.53. The average Bonchev–Trinajstić information content (AvgIpc) is 2.28. The van der Waals surface area contributed by atoms with Crippen LogP contribution in [-0.4, -0.2) is 17.9 Å². The number of hydrogen-bond donors (Lipinski definition) is 2. The van der Waals surface area contributed by atoms with Crippen molar-refractivity contribution in [1.29, 1.82) is 0 Å². The van der Waals surface area contributed by atoms with Crippen molar-refractivity contribution in [3.05, 3.63) is 35.4 Å². The topological polar surface area (TPSA) is 72.2 Å². The van der Waals surface area contributed by atoms with Gasteiger partial charge in [-0.3, -0.25) is 9.59 Å². The zero-order chi connectivity index (χ0) is 12.8. The number of nitrogens with one attached hydrogen (secondary N) is 1. The largest absolute Gasteiger partial charge is 0.370 e. The molecule has 0 aromatic heterocycles. The Kier molecular flexibility index (Phi) is 4.97. The highest BCUT2D eigenvalue weighted by atomic mass is 35.5. The van der Waals surface area contributed by atoms with Crippen molar-refractivity contribution in [2.75, 3.05) is 0 Å². The highest BCUT2D eigenvalue weighted by Gasteiger charge is 2.11. The van der Waals surface area contributed by atoms with Crippen LogP contribution in [0.4, 0.5) is 0 Å². The van der Waals surface area contributed by atoms with E-state index in [-0.39, 0.29) is 18.4 Å². The summed E-state index contributed by atoms with van der Waals surface area (Å²) >= 11 is 5.65. The molecule has 0 heterocycles. The van der Waals surface area contributed by atoms with Gasteiger partial charge in [0.05, 0.1) is 0 Å². The van der Waals surface area contributed by atoms with Crippen LogP contribution in [0, 0.1) is 0 Å². The van der Waals surface area contributed by atoms with Gasteiger partial charge >= 0.3 is 0 Å². The molecule has 1 aromatic rings. The first-order valence-electron chi connectivity index (χ1n) is 5.27. The minimum Gasteiger partial charge on any atom is -0.370 e. The standard InChI is InChI=1S/C12H15ClN2O2/c1-8(6-11(14)16)15-12(17)10-4-2-9(7-13)3-5-10/h2-5,8H,6-7H2,1H3,(H2,14,16)(H,15,17). The number of hydrogen-bond acceptors (Lipinski definition) is 2. The van der Waals surface area contributed by atoms with Crippen LogP contribution in [0.3, 0.4) is 0 Å². The number of rotatable bonds is 5. The third kappa shape index (κ3) is 4.44. The summed E-state index contributed by atoms with van der Waals surface area (Å²) in [4.78, 5) is 22.4. The Morgan fingerprint density at radius 1 is 1.35 bits per heavy atom. The summed E-state index contributed by atoms with van der Waals surface area (Å²) in [5.74, 6) is -0.241. The maximum absolute atomic E-state index is 11.7. The van der Waals surface area contributed by atoms with E-state index in [0.717, 1.165) is 5.56 Å². The molecule has 0 saturated carbocycles. The lowest BCUT2D eigenvalue weighted by molar-refractivity contribution is -0.118. The molecule has 1 rings (SSSR count). The molecule has 0 spiro atoms. The van der Waals surface area contributed by atoms with Crippen LogP contribution in [0.5, 0.6) is 0 Å². The Labute approximate surface area is 105 Å². The Morgan fingerprint density at radius 3 is 2.41 bits per heavy atom. The van der Waals surface area contributed by atoms with Crippen LogP contribution >= 0.6 is 11.6 Å². The zero-order valence-corrected chi connectivity index (χ0v) is 10.3. The molecule has 92 valence electrons. The smallest absolute Gasteiger partial charge is 0.251 e. The van der Waals surface area contributed by atoms with Crippen molar-refractivity contribution in [3.8, 4) is 0 Å². The Hall–Kier alpha value is -1.55. The summed E-state index contributed by atoms with van der Waals surface area (Å²) in [7, 11) is 0. The molecular weight excluding hydrogens is 240 g/mol. The van der Waals surface area contributed by atoms with Gasteiger partial charge in [0.25, 0.3) is 5.91 Å². The summed E-state index contributed by atoms with van der Waals surface area (Å²) in [5, 5.41) is 2.69. The summed E-state index contributed by atoms with van der Waals surface area (Å²) in [6.45, 7) is 1.73. The van der Waals surface area contributed by atoms with Gasteiger partial charge in [-0.1, -0.05) is 12.1 Å². The van der Waals surface area contributed by atoms with Gasteiger partial charge in [-0.2, -0.15) is 0 Å². The van der Waals surface area contributed by atoms with Crippen LogP contribution in [0.25, 0.3) is 0 Å². The van der Waals surface area contributed by atoms with Crippen LogP contribution < -0.4 is 11.1 Å². The zero-order valence-electron chi connectivity index (χ0n) is 9.57. The quantitative estimate of drug-likeness (QED) is 0.780. The maximum Gasteiger partial charge on any atom is 0.251 e. The number of primary amides is 1. The van der Waals surface area contributed by atoms with Gasteiger partial charge in [0.15, 0.2) is 0 Å². The molecule has 4 nitrogen and oxygen atoms in total. The minimum absolute atomic E-state index is 0.130. The van der Waals surface area contributed by atoms with Crippen molar-refractivity contribution in [2.45, 2.75) is 25.3 Å². The van der Waals surface area contributed by atoms with Gasteiger partial charge < -0.3 is 11.1 Å². The SMILES string of the molecule is CC(CC(N)=O)NC(=O)c1ccc(CCl)cc1. The average molecular weight is 255 g/mol. The molecule has 0 aliphatic rings. The predicted molar refractivity (Wildman–Crippen MR) is 66.7 cm³/mol. The molecule has 0 aliphatic carbocycles. The Morgan fingerprint density at radius 2 is 1.94 bits per heavy atom. The lowest BCUT2D eigenvalue weighted by Gasteiger charge is -2.12. The van der Waals surface area contributed by atoms with Crippen molar-refractivity contribution >= 4 is 23.4 Å². The third-order valence-corrected chi connectivity index (χ3v) is 2.56. The van der Waals surface area contributed by atoms with Crippen molar-refractivity contribution < 1.29 is 9.59 Å². The second-order valence-electron chi connectivity index (χ2n) is 3.88. The molecule has 1 aromatic carbocycles. The third-order valence-electron chi connectivity index (χ3n) is 2.26. The first kappa shape index (κ1) is 13.5. The molecular formula is C12H15ClN2O2. The second-order valence-corrected chi connectivity index (χ2v) is 4.14. The number of carbonyl (C=O) groups excluding carboxylic acids is 2. The molecule has 0 fully saturated rings. The molecule has 17 heavy (non-hydrogen) atoms. The van der Waals surface area contributed by atoms with E-state index < -0.39 is 5.91 Å². The fourth-order valence-corrected chi connectivity index (χ4v) is 1.58. The monoisotopic (exact) mass is 254 g/mol. The predicted octanol–water partition coefficient (Wildman–Crippen LogP) is 1.42. The van der Waals surface area contributed by atoms with Gasteiger partial charge in [0.1, 0.15) is 0 Å². The first-order chi connectivity index (χ1) is 8.02. The van der Waals surface area contributed by atoms with Crippen LogP contribution in [0.15, 0.2) is 24.3 Å². The van der Waals surface area contributed by atoms with Gasteiger partial charge in [-0.25, -0.2) is 0 Å². The number of nitrogens with two attached hydrogens (primary N) is 1. The van der Waals surface area contributed by atoms with Crippen molar-refractivity contribution in [2.24, 2.45) is 5.73 Å². The molecule has 2 amide bonds. The molecule has 0 saturated heterocycles. The number of carbonyl (C=O) groups is 2. The lowest BCUT2D eigenvalue weighted by atomic mass is 10.1. The molecule has 5 heteroatoms. The first-order valence-corrected chi connectivity index (χ1v) is 5.80. The molecule has 1 atom stereocenters. The normalized spacial score (nSPS) is 11.9. The Balaban J connectivity index is 2.60. The maximum atomic E-state index is 11.7. The van der Waals surface area contributed by atoms with E-state index >= 15 is 0 Å². The second kappa shape index (κ2) is 6.25.